The van der Waals surface area contributed by atoms with Crippen molar-refractivity contribution in [2.45, 2.75) is 26.7 Å². The van der Waals surface area contributed by atoms with Crippen LogP contribution in [0, 0.1) is 11.7 Å². The summed E-state index contributed by atoms with van der Waals surface area (Å²) in [7, 11) is 0. The third kappa shape index (κ3) is 2.35. The summed E-state index contributed by atoms with van der Waals surface area (Å²) in [4.78, 5) is 0. The maximum atomic E-state index is 5.30. The molecule has 17 heavy (non-hydrogen) atoms. The van der Waals surface area contributed by atoms with Crippen LogP contribution in [0.4, 0.5) is 0 Å². The number of halogens is 1. The third-order valence-electron chi connectivity index (χ3n) is 2.56. The van der Waals surface area contributed by atoms with E-state index >= 15 is 0 Å². The van der Waals surface area contributed by atoms with Crippen molar-refractivity contribution in [3.05, 3.63) is 38.8 Å². The van der Waals surface area contributed by atoms with Crippen LogP contribution in [0.15, 0.2) is 22.7 Å². The van der Waals surface area contributed by atoms with Crippen molar-refractivity contribution in [2.24, 2.45) is 0 Å². The molecule has 0 fully saturated rings. The van der Waals surface area contributed by atoms with Crippen LogP contribution in [-0.2, 0) is 0 Å². The molecule has 1 heterocycles. The molecular weight excluding hydrogens is 298 g/mol. The summed E-state index contributed by atoms with van der Waals surface area (Å²) < 4.78 is 3.62. The molecule has 0 unspecified atom stereocenters. The summed E-state index contributed by atoms with van der Waals surface area (Å²) in [5.74, 6) is 1.26. The van der Waals surface area contributed by atoms with Crippen molar-refractivity contribution in [1.29, 1.82) is 0 Å². The van der Waals surface area contributed by atoms with E-state index in [0.717, 1.165) is 16.0 Å². The fourth-order valence-electron chi connectivity index (χ4n) is 1.72. The number of benzene rings is 1. The highest BCUT2D eigenvalue weighted by Crippen LogP contribution is 2.25. The highest BCUT2D eigenvalue weighted by Gasteiger charge is 2.13. The Morgan fingerprint density at radius 2 is 2.12 bits per heavy atom. The Bertz CT molecular complexity index is 598. The van der Waals surface area contributed by atoms with Gasteiger partial charge >= 0.3 is 0 Å². The molecule has 1 aromatic carbocycles. The summed E-state index contributed by atoms with van der Waals surface area (Å²) in [5, 5.41) is 7.15. The van der Waals surface area contributed by atoms with E-state index in [1.165, 1.54) is 5.56 Å². The average Bonchev–Trinajstić information content (AvgIpc) is 2.64. The van der Waals surface area contributed by atoms with Gasteiger partial charge in [-0.25, -0.2) is 0 Å². The molecule has 0 aliphatic rings. The van der Waals surface area contributed by atoms with Gasteiger partial charge in [-0.3, -0.25) is 9.67 Å². The molecule has 0 amide bonds. The number of nitrogens with zero attached hydrogens (tertiary/aromatic N) is 2. The minimum atomic E-state index is 0.315. The maximum Gasteiger partial charge on any atom is 0.199 e. The summed E-state index contributed by atoms with van der Waals surface area (Å²) in [5.41, 5.74) is 2.23. The smallest absolute Gasteiger partial charge is 0.199 e. The first kappa shape index (κ1) is 12.5. The molecule has 3 nitrogen and oxygen atoms in total. The molecule has 90 valence electrons. The Kier molecular flexibility index (Phi) is 3.49. The number of nitrogens with one attached hydrogen (secondary N) is 1. The molecule has 5 heteroatoms. The zero-order valence-electron chi connectivity index (χ0n) is 9.99. The number of hydrogen-bond donors (Lipinski definition) is 1. The minimum absolute atomic E-state index is 0.315. The van der Waals surface area contributed by atoms with Gasteiger partial charge in [-0.05, 0) is 52.8 Å². The number of aromatic nitrogens is 3. The van der Waals surface area contributed by atoms with Crippen LogP contribution in [-0.4, -0.2) is 14.8 Å². The van der Waals surface area contributed by atoms with E-state index in [-0.39, 0.29) is 0 Å². The highest BCUT2D eigenvalue weighted by molar-refractivity contribution is 9.10. The number of aromatic amines is 1. The molecule has 0 bridgehead atoms. The van der Waals surface area contributed by atoms with E-state index < -0.39 is 0 Å². The zero-order valence-corrected chi connectivity index (χ0v) is 12.4. The summed E-state index contributed by atoms with van der Waals surface area (Å²) in [6.45, 7) is 6.27. The van der Waals surface area contributed by atoms with Gasteiger partial charge < -0.3 is 0 Å². The van der Waals surface area contributed by atoms with Crippen LogP contribution < -0.4 is 0 Å². The molecule has 0 radical (unpaired) electrons. The van der Waals surface area contributed by atoms with E-state index in [4.69, 9.17) is 12.2 Å². The van der Waals surface area contributed by atoms with Gasteiger partial charge in [0.1, 0.15) is 5.82 Å². The van der Waals surface area contributed by atoms with Crippen LogP contribution in [0.1, 0.15) is 31.2 Å². The van der Waals surface area contributed by atoms with Crippen LogP contribution in [0.5, 0.6) is 0 Å². The van der Waals surface area contributed by atoms with Gasteiger partial charge in [0.25, 0.3) is 0 Å². The van der Waals surface area contributed by atoms with E-state index in [0.29, 0.717) is 10.7 Å². The number of rotatable bonds is 2. The normalized spacial score (nSPS) is 11.1. The summed E-state index contributed by atoms with van der Waals surface area (Å²) in [6.07, 6.45) is 0. The molecular formula is C12H14BrN3S. The maximum absolute atomic E-state index is 5.30. The zero-order chi connectivity index (χ0) is 12.6. The standard InChI is InChI=1S/C12H14BrN3S/c1-7(2)11-14-15-12(17)16(11)10-6-8(3)4-5-9(10)13/h4-7H,1-3H3,(H,15,17). The Balaban J connectivity index is 2.72. The second kappa shape index (κ2) is 4.74. The van der Waals surface area contributed by atoms with Gasteiger partial charge in [0.15, 0.2) is 4.77 Å². The third-order valence-corrected chi connectivity index (χ3v) is 3.50. The SMILES string of the molecule is Cc1ccc(Br)c(-n2c(C(C)C)n[nH]c2=S)c1. The molecule has 0 aliphatic heterocycles. The fourth-order valence-corrected chi connectivity index (χ4v) is 2.38. The molecule has 0 spiro atoms. The van der Waals surface area contributed by atoms with Crippen molar-refractivity contribution in [3.63, 3.8) is 0 Å². The molecule has 2 rings (SSSR count). The Morgan fingerprint density at radius 1 is 1.41 bits per heavy atom. The van der Waals surface area contributed by atoms with Crippen LogP contribution >= 0.6 is 28.1 Å². The molecule has 1 aromatic heterocycles. The lowest BCUT2D eigenvalue weighted by Crippen LogP contribution is -2.04. The van der Waals surface area contributed by atoms with E-state index in [1.54, 1.807) is 0 Å². The number of aryl methyl sites for hydroxylation is 1. The Labute approximate surface area is 114 Å². The monoisotopic (exact) mass is 311 g/mol. The lowest BCUT2D eigenvalue weighted by molar-refractivity contribution is 0.743. The van der Waals surface area contributed by atoms with Crippen molar-refractivity contribution in [1.82, 2.24) is 14.8 Å². The lowest BCUT2D eigenvalue weighted by atomic mass is 10.2. The predicted octanol–water partition coefficient (Wildman–Crippen LogP) is 4.12. The first-order valence-electron chi connectivity index (χ1n) is 5.44. The van der Waals surface area contributed by atoms with Gasteiger partial charge in [0, 0.05) is 10.4 Å². The van der Waals surface area contributed by atoms with Gasteiger partial charge in [-0.15, -0.1) is 0 Å². The topological polar surface area (TPSA) is 33.6 Å². The molecule has 2 aromatic rings. The van der Waals surface area contributed by atoms with E-state index in [2.05, 4.69) is 59.0 Å². The molecule has 0 saturated heterocycles. The Hall–Kier alpha value is -0.940. The molecule has 0 saturated carbocycles. The summed E-state index contributed by atoms with van der Waals surface area (Å²) >= 11 is 8.86. The highest BCUT2D eigenvalue weighted by atomic mass is 79.9. The first-order valence-corrected chi connectivity index (χ1v) is 6.64. The van der Waals surface area contributed by atoms with E-state index in [1.807, 2.05) is 10.6 Å². The summed E-state index contributed by atoms with van der Waals surface area (Å²) in [6, 6.07) is 6.19. The largest absolute Gasteiger partial charge is 0.271 e. The van der Waals surface area contributed by atoms with E-state index in [9.17, 15) is 0 Å². The minimum Gasteiger partial charge on any atom is -0.271 e. The van der Waals surface area contributed by atoms with Crippen molar-refractivity contribution >= 4 is 28.1 Å². The van der Waals surface area contributed by atoms with Gasteiger partial charge in [0.2, 0.25) is 0 Å². The predicted molar refractivity (Wildman–Crippen MR) is 75.3 cm³/mol. The molecule has 0 atom stereocenters. The van der Waals surface area contributed by atoms with Gasteiger partial charge in [0.05, 0.1) is 5.69 Å². The molecule has 1 N–H and O–H groups in total. The van der Waals surface area contributed by atoms with Gasteiger partial charge in [-0.2, -0.15) is 5.10 Å². The van der Waals surface area contributed by atoms with Crippen molar-refractivity contribution in [3.8, 4) is 5.69 Å². The van der Waals surface area contributed by atoms with Crippen molar-refractivity contribution < 1.29 is 0 Å². The number of hydrogen-bond acceptors (Lipinski definition) is 2. The number of H-pyrrole nitrogens is 1. The fraction of sp³-hybridized carbons (Fsp3) is 0.333. The van der Waals surface area contributed by atoms with Crippen LogP contribution in [0.2, 0.25) is 0 Å². The Morgan fingerprint density at radius 3 is 2.76 bits per heavy atom. The van der Waals surface area contributed by atoms with Gasteiger partial charge in [-0.1, -0.05) is 19.9 Å². The second-order valence-corrected chi connectivity index (χ2v) is 5.57. The molecule has 0 aliphatic carbocycles. The second-order valence-electron chi connectivity index (χ2n) is 4.33. The van der Waals surface area contributed by atoms with Crippen molar-refractivity contribution in [2.75, 3.05) is 0 Å². The average molecular weight is 312 g/mol. The van der Waals surface area contributed by atoms with Crippen LogP contribution in [0.3, 0.4) is 0 Å². The quantitative estimate of drug-likeness (QED) is 0.846. The first-order chi connectivity index (χ1) is 8.00. The lowest BCUT2D eigenvalue weighted by Gasteiger charge is -2.11. The van der Waals surface area contributed by atoms with Crippen LogP contribution in [0.25, 0.3) is 5.69 Å².